The van der Waals surface area contributed by atoms with Crippen LogP contribution in [0.5, 0.6) is 11.5 Å². The van der Waals surface area contributed by atoms with Gasteiger partial charge in [0.2, 0.25) is 0 Å². The molecular weight excluding hydrogens is 377 g/mol. The van der Waals surface area contributed by atoms with Crippen LogP contribution in [0, 0.1) is 6.92 Å². The molecule has 6 nitrogen and oxygen atoms in total. The summed E-state index contributed by atoms with van der Waals surface area (Å²) in [4.78, 5) is 12.3. The van der Waals surface area contributed by atoms with Gasteiger partial charge < -0.3 is 14.8 Å². The fraction of sp³-hybridized carbons (Fsp3) is 0.444. The minimum Gasteiger partial charge on any atom is -0.490 e. The van der Waals surface area contributed by atoms with E-state index in [9.17, 15) is 4.79 Å². The van der Waals surface area contributed by atoms with Crippen molar-refractivity contribution in [3.8, 4) is 11.5 Å². The number of nitrogens with one attached hydrogen (secondary N) is 1. The molecule has 0 radical (unpaired) electrons. The number of hydrogen-bond acceptors (Lipinski definition) is 4. The van der Waals surface area contributed by atoms with E-state index >= 15 is 0 Å². The lowest BCUT2D eigenvalue weighted by atomic mass is 10.2. The van der Waals surface area contributed by atoms with E-state index in [0.29, 0.717) is 65.7 Å². The third-order valence-corrected chi connectivity index (χ3v) is 4.57. The molecular formula is C18H23Cl2N3O3. The van der Waals surface area contributed by atoms with Crippen molar-refractivity contribution in [1.82, 2.24) is 15.1 Å². The van der Waals surface area contributed by atoms with E-state index in [4.69, 9.17) is 32.7 Å². The summed E-state index contributed by atoms with van der Waals surface area (Å²) in [6.07, 6.45) is 0.679. The van der Waals surface area contributed by atoms with Gasteiger partial charge in [0.25, 0.3) is 5.91 Å². The van der Waals surface area contributed by atoms with E-state index in [0.717, 1.165) is 0 Å². The highest BCUT2D eigenvalue weighted by molar-refractivity contribution is 6.41. The summed E-state index contributed by atoms with van der Waals surface area (Å²) >= 11 is 12.1. The number of aryl methyl sites for hydroxylation is 2. The number of aromatic nitrogens is 2. The maximum atomic E-state index is 12.3. The van der Waals surface area contributed by atoms with Crippen LogP contribution in [0.2, 0.25) is 10.2 Å². The molecule has 26 heavy (non-hydrogen) atoms. The van der Waals surface area contributed by atoms with Crippen LogP contribution in [0.3, 0.4) is 0 Å². The highest BCUT2D eigenvalue weighted by Gasteiger charge is 2.13. The molecule has 1 heterocycles. The number of hydrogen-bond donors (Lipinski definition) is 1. The fourth-order valence-corrected chi connectivity index (χ4v) is 2.80. The summed E-state index contributed by atoms with van der Waals surface area (Å²) in [5.74, 6) is 1.02. The Hall–Kier alpha value is -1.92. The minimum absolute atomic E-state index is 0.172. The molecule has 1 aromatic carbocycles. The number of nitrogens with zero attached hydrogens (tertiary/aromatic N) is 2. The van der Waals surface area contributed by atoms with Gasteiger partial charge in [0.15, 0.2) is 11.5 Å². The third kappa shape index (κ3) is 5.05. The smallest absolute Gasteiger partial charge is 0.251 e. The van der Waals surface area contributed by atoms with Crippen molar-refractivity contribution in [3.63, 3.8) is 0 Å². The number of benzene rings is 1. The number of ether oxygens (including phenoxy) is 2. The highest BCUT2D eigenvalue weighted by atomic mass is 35.5. The second-order valence-corrected chi connectivity index (χ2v) is 6.29. The fourth-order valence-electron chi connectivity index (χ4n) is 2.40. The Morgan fingerprint density at radius 1 is 1.19 bits per heavy atom. The lowest BCUT2D eigenvalue weighted by Crippen LogP contribution is -2.25. The van der Waals surface area contributed by atoms with Gasteiger partial charge in [-0.1, -0.05) is 23.2 Å². The minimum atomic E-state index is -0.172. The maximum absolute atomic E-state index is 12.3. The van der Waals surface area contributed by atoms with Gasteiger partial charge in [-0.15, -0.1) is 0 Å². The molecule has 1 aromatic heterocycles. The average Bonchev–Trinajstić information content (AvgIpc) is 2.87. The quantitative estimate of drug-likeness (QED) is 0.644. The van der Waals surface area contributed by atoms with Crippen LogP contribution in [0.4, 0.5) is 0 Å². The first kappa shape index (κ1) is 20.4. The van der Waals surface area contributed by atoms with E-state index in [-0.39, 0.29) is 5.91 Å². The Morgan fingerprint density at radius 2 is 1.88 bits per heavy atom. The molecule has 0 bridgehead atoms. The second-order valence-electron chi connectivity index (χ2n) is 5.55. The van der Waals surface area contributed by atoms with Gasteiger partial charge in [-0.05, 0) is 45.4 Å². The van der Waals surface area contributed by atoms with Crippen molar-refractivity contribution in [1.29, 1.82) is 0 Å². The number of rotatable bonds is 9. The standard InChI is InChI=1S/C18H23Cl2N3O3/c1-4-25-14-8-7-13(11-15(14)26-5-2)18(24)21-9-6-10-23-17(20)16(19)12(3)22-23/h7-8,11H,4-6,9-10H2,1-3H3,(H,21,24). The van der Waals surface area contributed by atoms with Crippen LogP contribution in [-0.2, 0) is 6.54 Å². The van der Waals surface area contributed by atoms with Crippen molar-refractivity contribution >= 4 is 29.1 Å². The van der Waals surface area contributed by atoms with Crippen LogP contribution in [0.1, 0.15) is 36.3 Å². The number of halogens is 2. The van der Waals surface area contributed by atoms with Gasteiger partial charge in [-0.2, -0.15) is 5.10 Å². The van der Waals surface area contributed by atoms with Crippen molar-refractivity contribution in [2.24, 2.45) is 0 Å². The average molecular weight is 400 g/mol. The predicted octanol–water partition coefficient (Wildman–Crippen LogP) is 4.12. The summed E-state index contributed by atoms with van der Waals surface area (Å²) in [6, 6.07) is 5.16. The van der Waals surface area contributed by atoms with E-state index in [1.54, 1.807) is 29.8 Å². The number of carbonyl (C=O) groups is 1. The Kier molecular flexibility index (Phi) is 7.60. The lowest BCUT2D eigenvalue weighted by molar-refractivity contribution is 0.0952. The van der Waals surface area contributed by atoms with Crippen LogP contribution >= 0.6 is 23.2 Å². The molecule has 0 aliphatic heterocycles. The first-order valence-electron chi connectivity index (χ1n) is 8.54. The van der Waals surface area contributed by atoms with Crippen molar-refractivity contribution < 1.29 is 14.3 Å². The van der Waals surface area contributed by atoms with Crippen LogP contribution in [0.25, 0.3) is 0 Å². The van der Waals surface area contributed by atoms with Gasteiger partial charge in [0.1, 0.15) is 10.2 Å². The zero-order valence-corrected chi connectivity index (χ0v) is 16.7. The summed E-state index contributed by atoms with van der Waals surface area (Å²) in [6.45, 7) is 7.67. The van der Waals surface area contributed by atoms with Gasteiger partial charge in [0, 0.05) is 18.7 Å². The van der Waals surface area contributed by atoms with Gasteiger partial charge >= 0.3 is 0 Å². The molecule has 0 atom stereocenters. The topological polar surface area (TPSA) is 65.4 Å². The summed E-state index contributed by atoms with van der Waals surface area (Å²) in [5, 5.41) is 8.02. The van der Waals surface area contributed by atoms with Crippen molar-refractivity contribution in [2.45, 2.75) is 33.7 Å². The van der Waals surface area contributed by atoms with Gasteiger partial charge in [-0.3, -0.25) is 9.48 Å². The highest BCUT2D eigenvalue weighted by Crippen LogP contribution is 2.28. The van der Waals surface area contributed by atoms with E-state index in [2.05, 4.69) is 10.4 Å². The van der Waals surface area contributed by atoms with E-state index < -0.39 is 0 Å². The molecule has 0 saturated heterocycles. The molecule has 0 aliphatic rings. The first-order chi connectivity index (χ1) is 12.5. The molecule has 0 aliphatic carbocycles. The van der Waals surface area contributed by atoms with Gasteiger partial charge in [0.05, 0.1) is 18.9 Å². The van der Waals surface area contributed by atoms with Crippen LogP contribution < -0.4 is 14.8 Å². The molecule has 2 aromatic rings. The van der Waals surface area contributed by atoms with Crippen LogP contribution in [-0.4, -0.2) is 35.4 Å². The number of carbonyl (C=O) groups excluding carboxylic acids is 1. The Bertz CT molecular complexity index is 762. The molecule has 142 valence electrons. The molecule has 1 N–H and O–H groups in total. The normalized spacial score (nSPS) is 10.7. The maximum Gasteiger partial charge on any atom is 0.251 e. The molecule has 2 rings (SSSR count). The Morgan fingerprint density at radius 3 is 2.50 bits per heavy atom. The third-order valence-electron chi connectivity index (χ3n) is 3.63. The molecule has 0 unspecified atom stereocenters. The van der Waals surface area contributed by atoms with E-state index in [1.807, 2.05) is 13.8 Å². The SMILES string of the molecule is CCOc1ccc(C(=O)NCCCn2nc(C)c(Cl)c2Cl)cc1OCC. The monoisotopic (exact) mass is 399 g/mol. The zero-order valence-electron chi connectivity index (χ0n) is 15.1. The molecule has 1 amide bonds. The van der Waals surface area contributed by atoms with Crippen molar-refractivity contribution in [2.75, 3.05) is 19.8 Å². The Balaban J connectivity index is 1.91. The lowest BCUT2D eigenvalue weighted by Gasteiger charge is -2.12. The van der Waals surface area contributed by atoms with Gasteiger partial charge in [-0.25, -0.2) is 0 Å². The summed E-state index contributed by atoms with van der Waals surface area (Å²) < 4.78 is 12.7. The zero-order chi connectivity index (χ0) is 19.1. The molecule has 0 saturated carbocycles. The molecule has 0 fully saturated rings. The van der Waals surface area contributed by atoms with Crippen molar-refractivity contribution in [3.05, 3.63) is 39.6 Å². The van der Waals surface area contributed by atoms with E-state index in [1.165, 1.54) is 0 Å². The first-order valence-corrected chi connectivity index (χ1v) is 9.29. The molecule has 8 heteroatoms. The van der Waals surface area contributed by atoms with Crippen LogP contribution in [0.15, 0.2) is 18.2 Å². The number of amides is 1. The second kappa shape index (κ2) is 9.69. The largest absolute Gasteiger partial charge is 0.490 e. The Labute approximate surface area is 163 Å². The predicted molar refractivity (Wildman–Crippen MR) is 103 cm³/mol. The summed E-state index contributed by atoms with van der Waals surface area (Å²) in [7, 11) is 0. The summed E-state index contributed by atoms with van der Waals surface area (Å²) in [5.41, 5.74) is 1.21. The molecule has 0 spiro atoms.